The topological polar surface area (TPSA) is 64.3 Å². The molecule has 0 aliphatic heterocycles. The van der Waals surface area contributed by atoms with E-state index in [1.165, 1.54) is 0 Å². The van der Waals surface area contributed by atoms with Gasteiger partial charge in [0.05, 0.1) is 13.2 Å². The van der Waals surface area contributed by atoms with E-state index in [1.807, 2.05) is 54.6 Å². The second-order valence-electron chi connectivity index (χ2n) is 5.19. The molecule has 0 aliphatic rings. The molecule has 2 rings (SSSR count). The van der Waals surface area contributed by atoms with Crippen molar-refractivity contribution in [2.75, 3.05) is 13.7 Å². The Morgan fingerprint density at radius 3 is 2.52 bits per heavy atom. The van der Waals surface area contributed by atoms with E-state index >= 15 is 0 Å². The fourth-order valence-corrected chi connectivity index (χ4v) is 2.25. The molecular weight excluding hydrogens is 312 g/mol. The maximum absolute atomic E-state index is 12.0. The van der Waals surface area contributed by atoms with E-state index in [-0.39, 0.29) is 18.3 Å². The SMILES string of the molecule is COc1cccc(CCNC(=O)C(N)Cc2ccccc2)c1.Cl. The molecule has 2 aromatic rings. The molecule has 23 heavy (non-hydrogen) atoms. The Balaban J connectivity index is 0.00000264. The largest absolute Gasteiger partial charge is 0.497 e. The molecule has 2 aromatic carbocycles. The van der Waals surface area contributed by atoms with Gasteiger partial charge in [0.2, 0.25) is 5.91 Å². The van der Waals surface area contributed by atoms with E-state index in [9.17, 15) is 4.79 Å². The molecule has 0 bridgehead atoms. The van der Waals surface area contributed by atoms with Gasteiger partial charge in [0, 0.05) is 6.54 Å². The third kappa shape index (κ3) is 6.30. The number of carbonyl (C=O) groups excluding carboxylic acids is 1. The van der Waals surface area contributed by atoms with E-state index in [0.717, 1.165) is 23.3 Å². The molecular formula is C18H23ClN2O2. The van der Waals surface area contributed by atoms with Gasteiger partial charge >= 0.3 is 0 Å². The molecule has 4 nitrogen and oxygen atoms in total. The van der Waals surface area contributed by atoms with Crippen molar-refractivity contribution in [1.29, 1.82) is 0 Å². The summed E-state index contributed by atoms with van der Waals surface area (Å²) < 4.78 is 5.18. The number of carbonyl (C=O) groups is 1. The Labute approximate surface area is 143 Å². The number of nitrogens with two attached hydrogens (primary N) is 1. The van der Waals surface area contributed by atoms with Crippen LogP contribution in [0.1, 0.15) is 11.1 Å². The first-order valence-electron chi connectivity index (χ1n) is 7.39. The Morgan fingerprint density at radius 2 is 1.83 bits per heavy atom. The van der Waals surface area contributed by atoms with Crippen molar-refractivity contribution in [3.05, 3.63) is 65.7 Å². The standard InChI is InChI=1S/C18H22N2O2.ClH/c1-22-16-9-5-8-15(12-16)10-11-20-18(21)17(19)13-14-6-3-2-4-7-14;/h2-9,12,17H,10-11,13,19H2,1H3,(H,20,21);1H. The van der Waals surface area contributed by atoms with Crippen LogP contribution in [0, 0.1) is 0 Å². The lowest BCUT2D eigenvalue weighted by Gasteiger charge is -2.12. The summed E-state index contributed by atoms with van der Waals surface area (Å²) in [5, 5.41) is 2.88. The van der Waals surface area contributed by atoms with Crippen LogP contribution in [-0.2, 0) is 17.6 Å². The second-order valence-corrected chi connectivity index (χ2v) is 5.19. The first-order chi connectivity index (χ1) is 10.7. The molecule has 0 saturated heterocycles. The maximum Gasteiger partial charge on any atom is 0.237 e. The van der Waals surface area contributed by atoms with E-state index in [1.54, 1.807) is 7.11 Å². The molecule has 3 N–H and O–H groups in total. The van der Waals surface area contributed by atoms with Gasteiger partial charge < -0.3 is 15.8 Å². The number of benzene rings is 2. The van der Waals surface area contributed by atoms with Crippen molar-refractivity contribution in [1.82, 2.24) is 5.32 Å². The van der Waals surface area contributed by atoms with Crippen LogP contribution in [0.4, 0.5) is 0 Å². The first kappa shape index (κ1) is 19.0. The number of methoxy groups -OCH3 is 1. The van der Waals surface area contributed by atoms with Gasteiger partial charge in [-0.25, -0.2) is 0 Å². The normalized spacial score (nSPS) is 11.2. The predicted octanol–water partition coefficient (Wildman–Crippen LogP) is 2.35. The summed E-state index contributed by atoms with van der Waals surface area (Å²) in [6, 6.07) is 17.1. The highest BCUT2D eigenvalue weighted by Gasteiger charge is 2.13. The number of rotatable bonds is 7. The maximum atomic E-state index is 12.0. The van der Waals surface area contributed by atoms with Crippen molar-refractivity contribution < 1.29 is 9.53 Å². The van der Waals surface area contributed by atoms with Crippen molar-refractivity contribution >= 4 is 18.3 Å². The highest BCUT2D eigenvalue weighted by Crippen LogP contribution is 2.12. The Morgan fingerprint density at radius 1 is 1.13 bits per heavy atom. The number of halogens is 1. The molecule has 5 heteroatoms. The van der Waals surface area contributed by atoms with E-state index < -0.39 is 6.04 Å². The average molecular weight is 335 g/mol. The number of ether oxygens (including phenoxy) is 1. The molecule has 0 spiro atoms. The molecule has 0 radical (unpaired) electrons. The zero-order valence-electron chi connectivity index (χ0n) is 13.2. The van der Waals surface area contributed by atoms with E-state index in [4.69, 9.17) is 10.5 Å². The van der Waals surface area contributed by atoms with Gasteiger partial charge in [0.25, 0.3) is 0 Å². The monoisotopic (exact) mass is 334 g/mol. The highest BCUT2D eigenvalue weighted by atomic mass is 35.5. The zero-order chi connectivity index (χ0) is 15.8. The third-order valence-electron chi connectivity index (χ3n) is 3.48. The lowest BCUT2D eigenvalue weighted by atomic mass is 10.1. The molecule has 1 unspecified atom stereocenters. The Bertz CT molecular complexity index is 605. The van der Waals surface area contributed by atoms with Gasteiger partial charge in [-0.3, -0.25) is 4.79 Å². The summed E-state index contributed by atoms with van der Waals surface area (Å²) in [4.78, 5) is 12.0. The predicted molar refractivity (Wildman–Crippen MR) is 95.1 cm³/mol. The van der Waals surface area contributed by atoms with Gasteiger partial charge in [-0.15, -0.1) is 12.4 Å². The lowest BCUT2D eigenvalue weighted by Crippen LogP contribution is -2.42. The number of hydrogen-bond donors (Lipinski definition) is 2. The van der Waals surface area contributed by atoms with Crippen LogP contribution >= 0.6 is 12.4 Å². The number of nitrogens with one attached hydrogen (secondary N) is 1. The van der Waals surface area contributed by atoms with Crippen LogP contribution in [0.15, 0.2) is 54.6 Å². The van der Waals surface area contributed by atoms with Crippen molar-refractivity contribution in [2.45, 2.75) is 18.9 Å². The third-order valence-corrected chi connectivity index (χ3v) is 3.48. The quantitative estimate of drug-likeness (QED) is 0.817. The minimum Gasteiger partial charge on any atom is -0.497 e. The summed E-state index contributed by atoms with van der Waals surface area (Å²) >= 11 is 0. The van der Waals surface area contributed by atoms with Crippen LogP contribution in [0.25, 0.3) is 0 Å². The highest BCUT2D eigenvalue weighted by molar-refractivity contribution is 5.85. The molecule has 124 valence electrons. The van der Waals surface area contributed by atoms with Gasteiger partial charge in [-0.1, -0.05) is 42.5 Å². The molecule has 0 aromatic heterocycles. The summed E-state index contributed by atoms with van der Waals surface area (Å²) in [6.07, 6.45) is 1.30. The molecule has 0 aliphatic carbocycles. The van der Waals surface area contributed by atoms with Gasteiger partial charge in [-0.2, -0.15) is 0 Å². The molecule has 0 heterocycles. The van der Waals surface area contributed by atoms with Crippen LogP contribution in [0.2, 0.25) is 0 Å². The summed E-state index contributed by atoms with van der Waals surface area (Å²) in [5.74, 6) is 0.705. The van der Waals surface area contributed by atoms with Gasteiger partial charge in [0.1, 0.15) is 5.75 Å². The van der Waals surface area contributed by atoms with Gasteiger partial charge in [0.15, 0.2) is 0 Å². The Kier molecular flexibility index (Phi) is 8.16. The molecule has 1 atom stereocenters. The van der Waals surface area contributed by atoms with Crippen LogP contribution in [0.3, 0.4) is 0 Å². The minimum absolute atomic E-state index is 0. The Hall–Kier alpha value is -2.04. The van der Waals surface area contributed by atoms with Crippen LogP contribution in [-0.4, -0.2) is 25.6 Å². The van der Waals surface area contributed by atoms with Crippen LogP contribution < -0.4 is 15.8 Å². The van der Waals surface area contributed by atoms with Gasteiger partial charge in [-0.05, 0) is 36.1 Å². The fourth-order valence-electron chi connectivity index (χ4n) is 2.25. The number of hydrogen-bond acceptors (Lipinski definition) is 3. The number of amides is 1. The molecule has 0 fully saturated rings. The summed E-state index contributed by atoms with van der Waals surface area (Å²) in [7, 11) is 1.64. The minimum atomic E-state index is -0.521. The molecule has 1 amide bonds. The second kappa shape index (κ2) is 9.87. The van der Waals surface area contributed by atoms with Crippen molar-refractivity contribution in [3.8, 4) is 5.75 Å². The summed E-state index contributed by atoms with van der Waals surface area (Å²) in [6.45, 7) is 0.564. The smallest absolute Gasteiger partial charge is 0.237 e. The zero-order valence-corrected chi connectivity index (χ0v) is 14.0. The van der Waals surface area contributed by atoms with E-state index in [0.29, 0.717) is 13.0 Å². The lowest BCUT2D eigenvalue weighted by molar-refractivity contribution is -0.122. The van der Waals surface area contributed by atoms with E-state index in [2.05, 4.69) is 5.32 Å². The van der Waals surface area contributed by atoms with Crippen LogP contribution in [0.5, 0.6) is 5.75 Å². The average Bonchev–Trinajstić information content (AvgIpc) is 2.56. The summed E-state index contributed by atoms with van der Waals surface area (Å²) in [5.41, 5.74) is 8.13. The fraction of sp³-hybridized carbons (Fsp3) is 0.278. The first-order valence-corrected chi connectivity index (χ1v) is 7.39. The van der Waals surface area contributed by atoms with Crippen molar-refractivity contribution in [3.63, 3.8) is 0 Å². The molecule has 0 saturated carbocycles. The van der Waals surface area contributed by atoms with Crippen molar-refractivity contribution in [2.24, 2.45) is 5.73 Å².